The fourth-order valence-corrected chi connectivity index (χ4v) is 8.19. The Hall–Kier alpha value is -3.33. The molecule has 3 heterocycles. The molecule has 1 amide bonds. The van der Waals surface area contributed by atoms with Gasteiger partial charge in [0, 0.05) is 30.9 Å². The van der Waals surface area contributed by atoms with Crippen molar-refractivity contribution in [2.75, 3.05) is 18.0 Å². The zero-order valence-corrected chi connectivity index (χ0v) is 22.6. The number of hydrogen-bond donors (Lipinski definition) is 2. The van der Waals surface area contributed by atoms with Crippen molar-refractivity contribution in [1.29, 1.82) is 0 Å². The summed E-state index contributed by atoms with van der Waals surface area (Å²) in [5, 5.41) is 13.5. The van der Waals surface area contributed by atoms with Crippen molar-refractivity contribution in [2.24, 2.45) is 23.7 Å². The number of carbonyl (C=O) groups is 1. The smallest absolute Gasteiger partial charge is 0.257 e. The maximum absolute atomic E-state index is 15.1. The molecule has 1 aliphatic heterocycles. The number of aromatic nitrogens is 2. The molecule has 2 aromatic heterocycles. The molecule has 1 saturated heterocycles. The average Bonchev–Trinajstić information content (AvgIpc) is 3.16. The third-order valence-electron chi connectivity index (χ3n) is 9.90. The second kappa shape index (κ2) is 9.36. The van der Waals surface area contributed by atoms with E-state index in [2.05, 4.69) is 12.2 Å². The highest BCUT2D eigenvalue weighted by Gasteiger charge is 2.53. The van der Waals surface area contributed by atoms with Crippen LogP contribution >= 0.6 is 0 Å². The minimum Gasteiger partial charge on any atom is -0.391 e. The molecular weight excluding hydrogens is 514 g/mol. The highest BCUT2D eigenvalue weighted by Crippen LogP contribution is 2.60. The van der Waals surface area contributed by atoms with Crippen LogP contribution in [0.15, 0.2) is 41.3 Å². The fraction of sp³-hybridized carbons (Fsp3) is 0.516. The van der Waals surface area contributed by atoms with Crippen molar-refractivity contribution in [2.45, 2.75) is 63.5 Å². The first-order valence-corrected chi connectivity index (χ1v) is 14.4. The summed E-state index contributed by atoms with van der Waals surface area (Å²) in [7, 11) is 0. The van der Waals surface area contributed by atoms with Gasteiger partial charge in [-0.15, -0.1) is 0 Å². The average molecular weight is 549 g/mol. The number of rotatable bonds is 4. The Kier molecular flexibility index (Phi) is 6.00. The van der Waals surface area contributed by atoms with Gasteiger partial charge < -0.3 is 15.3 Å². The number of β-amino-alcohol motifs (C(OH)–C–C–N with tert-alkyl or cyclic N) is 1. The lowest BCUT2D eigenvalue weighted by Crippen LogP contribution is -2.51. The van der Waals surface area contributed by atoms with Crippen molar-refractivity contribution in [1.82, 2.24) is 14.9 Å². The van der Waals surface area contributed by atoms with Crippen LogP contribution in [0.3, 0.4) is 0 Å². The van der Waals surface area contributed by atoms with Crippen LogP contribution in [0.25, 0.3) is 16.7 Å². The summed E-state index contributed by atoms with van der Waals surface area (Å²) < 4.78 is 30.3. The van der Waals surface area contributed by atoms with E-state index in [0.29, 0.717) is 37.2 Å². The molecule has 210 valence electrons. The number of benzene rings is 1. The van der Waals surface area contributed by atoms with Gasteiger partial charge in [-0.1, -0.05) is 0 Å². The maximum atomic E-state index is 15.1. The van der Waals surface area contributed by atoms with Gasteiger partial charge in [-0.05, 0) is 99.8 Å². The molecule has 4 aliphatic rings. The molecule has 7 nitrogen and oxygen atoms in total. The van der Waals surface area contributed by atoms with Gasteiger partial charge in [0.05, 0.1) is 17.2 Å². The lowest BCUT2D eigenvalue weighted by molar-refractivity contribution is 0.0570. The third kappa shape index (κ3) is 4.29. The second-order valence-electron chi connectivity index (χ2n) is 12.8. The van der Waals surface area contributed by atoms with Crippen molar-refractivity contribution >= 4 is 22.8 Å². The Morgan fingerprint density at radius 1 is 1.12 bits per heavy atom. The van der Waals surface area contributed by atoms with Crippen molar-refractivity contribution in [3.8, 4) is 5.69 Å². The summed E-state index contributed by atoms with van der Waals surface area (Å²) in [5.41, 5.74) is -0.838. The molecule has 3 aliphatic carbocycles. The molecule has 40 heavy (non-hydrogen) atoms. The summed E-state index contributed by atoms with van der Waals surface area (Å²) >= 11 is 0. The molecule has 3 aromatic rings. The quantitative estimate of drug-likeness (QED) is 0.499. The van der Waals surface area contributed by atoms with Gasteiger partial charge >= 0.3 is 0 Å². The third-order valence-corrected chi connectivity index (χ3v) is 9.90. The van der Waals surface area contributed by atoms with Gasteiger partial charge in [-0.3, -0.25) is 14.2 Å². The Bertz CT molecular complexity index is 1570. The second-order valence-corrected chi connectivity index (χ2v) is 12.8. The number of carbonyl (C=O) groups excluding carboxylic acids is 1. The van der Waals surface area contributed by atoms with Gasteiger partial charge in [0.2, 0.25) is 5.43 Å². The minimum absolute atomic E-state index is 0.0118. The van der Waals surface area contributed by atoms with Crippen LogP contribution in [0.2, 0.25) is 0 Å². The molecule has 2 bridgehead atoms. The first kappa shape index (κ1) is 25.6. The van der Waals surface area contributed by atoms with E-state index in [0.717, 1.165) is 43.2 Å². The Morgan fingerprint density at radius 2 is 1.98 bits per heavy atom. The first-order valence-electron chi connectivity index (χ1n) is 14.4. The van der Waals surface area contributed by atoms with Crippen LogP contribution < -0.4 is 15.6 Å². The zero-order chi connectivity index (χ0) is 27.8. The van der Waals surface area contributed by atoms with E-state index in [-0.39, 0.29) is 22.3 Å². The summed E-state index contributed by atoms with van der Waals surface area (Å²) in [6.45, 7) is 3.17. The number of pyridine rings is 2. The van der Waals surface area contributed by atoms with E-state index in [1.165, 1.54) is 36.1 Å². The van der Waals surface area contributed by atoms with Crippen molar-refractivity contribution < 1.29 is 18.7 Å². The van der Waals surface area contributed by atoms with Gasteiger partial charge in [0.15, 0.2) is 5.65 Å². The van der Waals surface area contributed by atoms with E-state index in [4.69, 9.17) is 4.98 Å². The first-order chi connectivity index (χ1) is 19.2. The predicted molar refractivity (Wildman–Crippen MR) is 148 cm³/mol. The van der Waals surface area contributed by atoms with Crippen LogP contribution in [-0.4, -0.2) is 45.3 Å². The summed E-state index contributed by atoms with van der Waals surface area (Å²) in [5.74, 6) is 1.31. The summed E-state index contributed by atoms with van der Waals surface area (Å²) in [6, 6.07) is 6.51. The minimum atomic E-state index is -0.830. The molecule has 4 fully saturated rings. The molecule has 7 rings (SSSR count). The number of piperidine rings is 1. The summed E-state index contributed by atoms with van der Waals surface area (Å²) in [6.07, 6.45) is 7.82. The monoisotopic (exact) mass is 548 g/mol. The van der Waals surface area contributed by atoms with Crippen molar-refractivity contribution in [3.05, 3.63) is 63.9 Å². The largest absolute Gasteiger partial charge is 0.391 e. The van der Waals surface area contributed by atoms with Crippen molar-refractivity contribution in [3.63, 3.8) is 0 Å². The highest BCUT2D eigenvalue weighted by molar-refractivity contribution is 5.97. The van der Waals surface area contributed by atoms with Crippen LogP contribution in [0.4, 0.5) is 14.6 Å². The number of amides is 1. The zero-order valence-electron chi connectivity index (χ0n) is 22.6. The fourth-order valence-electron chi connectivity index (χ4n) is 8.19. The normalized spacial score (nSPS) is 31.1. The molecular formula is C31H34F2N4O3. The standard InChI is InChI=1S/C31H34F2N4O3/c1-31(13-17-9-18-11-19(14-31)23(18)10-17)35-30(40)24-16-37(26-6-4-20(32)12-25(26)33)29-22(28(24)39)5-7-27(34-29)36-8-2-3-21(38)15-36/h4-7,12,16-19,21,23,38H,2-3,8-11,13-15H2,1H3,(H,35,40). The van der Waals surface area contributed by atoms with Gasteiger partial charge in [0.25, 0.3) is 5.91 Å². The number of aliphatic hydroxyl groups excluding tert-OH is 1. The number of hydrogen-bond acceptors (Lipinski definition) is 5. The number of anilines is 1. The Labute approximate surface area is 231 Å². The molecule has 3 saturated carbocycles. The number of fused-ring (bicyclic) bond motifs is 2. The van der Waals surface area contributed by atoms with E-state index >= 15 is 4.39 Å². The van der Waals surface area contributed by atoms with Gasteiger partial charge in [-0.25, -0.2) is 13.8 Å². The Morgan fingerprint density at radius 3 is 2.77 bits per heavy atom. The number of nitrogens with one attached hydrogen (secondary N) is 1. The lowest BCUT2D eigenvalue weighted by Gasteiger charge is -2.46. The lowest BCUT2D eigenvalue weighted by atomic mass is 9.62. The van der Waals surface area contributed by atoms with Gasteiger partial charge in [-0.2, -0.15) is 0 Å². The number of aliphatic hydroxyl groups is 1. The molecule has 6 unspecified atom stereocenters. The molecule has 6 atom stereocenters. The van der Waals surface area contributed by atoms with E-state index in [9.17, 15) is 19.1 Å². The van der Waals surface area contributed by atoms with Crippen LogP contribution in [0, 0.1) is 35.3 Å². The molecule has 0 spiro atoms. The summed E-state index contributed by atoms with van der Waals surface area (Å²) in [4.78, 5) is 34.1. The van der Waals surface area contributed by atoms with E-state index in [1.54, 1.807) is 12.1 Å². The SMILES string of the molecule is CC1(NC(=O)c2cn(-c3ccc(F)cc3F)c3nc(N4CCCC(O)C4)ccc3c2=O)CC2CC3CC(C1)C3C2. The van der Waals surface area contributed by atoms with E-state index < -0.39 is 34.6 Å². The topological polar surface area (TPSA) is 87.5 Å². The highest BCUT2D eigenvalue weighted by atomic mass is 19.1. The molecule has 9 heteroatoms. The van der Waals surface area contributed by atoms with Crippen LogP contribution in [0.5, 0.6) is 0 Å². The van der Waals surface area contributed by atoms with E-state index in [1.807, 2.05) is 4.90 Å². The molecule has 1 aromatic carbocycles. The Balaban J connectivity index is 1.31. The number of nitrogens with zero attached hydrogens (tertiary/aromatic N) is 3. The predicted octanol–water partition coefficient (Wildman–Crippen LogP) is 4.57. The van der Waals surface area contributed by atoms with Crippen LogP contribution in [0.1, 0.15) is 62.2 Å². The maximum Gasteiger partial charge on any atom is 0.257 e. The molecule has 2 N–H and O–H groups in total. The number of halogens is 2. The van der Waals surface area contributed by atoms with Crippen LogP contribution in [-0.2, 0) is 0 Å². The molecule has 0 radical (unpaired) electrons. The van der Waals surface area contributed by atoms with Gasteiger partial charge in [0.1, 0.15) is 23.0 Å².